The molecule has 0 saturated heterocycles. The topological polar surface area (TPSA) is 42.0 Å². The van der Waals surface area contributed by atoms with Crippen molar-refractivity contribution in [2.24, 2.45) is 0 Å². The number of hydrogen-bond donors (Lipinski definition) is 1. The zero-order valence-electron chi connectivity index (χ0n) is 11.1. The molecule has 1 N–H and O–H groups in total. The smallest absolute Gasteiger partial charge is 0.224 e. The second kappa shape index (κ2) is 6.69. The largest absolute Gasteiger partial charge is 0.325 e. The molecule has 0 aliphatic carbocycles. The van der Waals surface area contributed by atoms with Gasteiger partial charge < -0.3 is 5.32 Å². The number of aryl methyl sites for hydroxylation is 2. The summed E-state index contributed by atoms with van der Waals surface area (Å²) < 4.78 is 0. The van der Waals surface area contributed by atoms with Gasteiger partial charge in [-0.05, 0) is 36.1 Å². The number of nitrogens with one attached hydrogen (secondary N) is 1. The minimum absolute atomic E-state index is 0.0209. The Bertz CT molecular complexity index is 520. The molecule has 1 aromatic heterocycles. The van der Waals surface area contributed by atoms with E-state index in [1.807, 2.05) is 6.07 Å². The maximum Gasteiger partial charge on any atom is 0.224 e. The van der Waals surface area contributed by atoms with E-state index >= 15 is 0 Å². The second-order valence-corrected chi connectivity index (χ2v) is 4.46. The van der Waals surface area contributed by atoms with Gasteiger partial charge in [-0.3, -0.25) is 9.78 Å². The van der Waals surface area contributed by atoms with Crippen LogP contribution in [0.15, 0.2) is 48.8 Å². The van der Waals surface area contributed by atoms with E-state index < -0.39 is 0 Å². The van der Waals surface area contributed by atoms with Crippen LogP contribution in [0.25, 0.3) is 0 Å². The van der Waals surface area contributed by atoms with Crippen LogP contribution in [0.2, 0.25) is 0 Å². The summed E-state index contributed by atoms with van der Waals surface area (Å²) in [7, 11) is 0. The molecule has 0 saturated carbocycles. The lowest BCUT2D eigenvalue weighted by atomic mass is 10.1. The van der Waals surface area contributed by atoms with Crippen molar-refractivity contribution in [2.45, 2.75) is 26.2 Å². The number of amides is 1. The molecule has 0 radical (unpaired) electrons. The van der Waals surface area contributed by atoms with Crippen molar-refractivity contribution in [3.05, 3.63) is 59.9 Å². The van der Waals surface area contributed by atoms with E-state index in [4.69, 9.17) is 0 Å². The SMILES string of the molecule is CCc1ccc(CCC(=O)Nc2cccnc2)cc1. The zero-order chi connectivity index (χ0) is 13.5. The summed E-state index contributed by atoms with van der Waals surface area (Å²) >= 11 is 0. The Morgan fingerprint density at radius 3 is 2.53 bits per heavy atom. The molecule has 1 amide bonds. The fraction of sp³-hybridized carbons (Fsp3) is 0.250. The Morgan fingerprint density at radius 2 is 1.89 bits per heavy atom. The maximum atomic E-state index is 11.8. The number of nitrogens with zero attached hydrogens (tertiary/aromatic N) is 1. The van der Waals surface area contributed by atoms with Gasteiger partial charge in [-0.1, -0.05) is 31.2 Å². The third-order valence-corrected chi connectivity index (χ3v) is 3.02. The summed E-state index contributed by atoms with van der Waals surface area (Å²) in [6.07, 6.45) is 5.62. The van der Waals surface area contributed by atoms with Crippen LogP contribution in [0.4, 0.5) is 5.69 Å². The number of aromatic nitrogens is 1. The predicted molar refractivity (Wildman–Crippen MR) is 77.0 cm³/mol. The molecular formula is C16H18N2O. The molecule has 0 fully saturated rings. The van der Waals surface area contributed by atoms with Crippen molar-refractivity contribution in [3.8, 4) is 0 Å². The van der Waals surface area contributed by atoms with Crippen LogP contribution in [-0.2, 0) is 17.6 Å². The van der Waals surface area contributed by atoms with Crippen LogP contribution in [0.5, 0.6) is 0 Å². The molecule has 2 rings (SSSR count). The molecular weight excluding hydrogens is 236 g/mol. The molecule has 0 unspecified atom stereocenters. The van der Waals surface area contributed by atoms with Crippen molar-refractivity contribution in [1.29, 1.82) is 0 Å². The van der Waals surface area contributed by atoms with Crippen LogP contribution in [0.1, 0.15) is 24.5 Å². The van der Waals surface area contributed by atoms with Gasteiger partial charge in [-0.15, -0.1) is 0 Å². The van der Waals surface area contributed by atoms with E-state index in [1.165, 1.54) is 11.1 Å². The van der Waals surface area contributed by atoms with Crippen molar-refractivity contribution in [3.63, 3.8) is 0 Å². The molecule has 3 heteroatoms. The predicted octanol–water partition coefficient (Wildman–Crippen LogP) is 3.22. The van der Waals surface area contributed by atoms with E-state index in [9.17, 15) is 4.79 Å². The van der Waals surface area contributed by atoms with E-state index in [2.05, 4.69) is 41.5 Å². The molecule has 1 aromatic carbocycles. The molecule has 0 atom stereocenters. The molecule has 0 spiro atoms. The van der Waals surface area contributed by atoms with Crippen LogP contribution in [0.3, 0.4) is 0 Å². The number of hydrogen-bond acceptors (Lipinski definition) is 2. The lowest BCUT2D eigenvalue weighted by molar-refractivity contribution is -0.116. The van der Waals surface area contributed by atoms with Gasteiger partial charge >= 0.3 is 0 Å². The first-order chi connectivity index (χ1) is 9.28. The quantitative estimate of drug-likeness (QED) is 0.890. The first-order valence-electron chi connectivity index (χ1n) is 6.55. The van der Waals surface area contributed by atoms with Crippen molar-refractivity contribution < 1.29 is 4.79 Å². The van der Waals surface area contributed by atoms with Crippen LogP contribution in [-0.4, -0.2) is 10.9 Å². The standard InChI is InChI=1S/C16H18N2O/c1-2-13-5-7-14(8-6-13)9-10-16(19)18-15-4-3-11-17-12-15/h3-8,11-12H,2,9-10H2,1H3,(H,18,19). The number of carbonyl (C=O) groups is 1. The highest BCUT2D eigenvalue weighted by Gasteiger charge is 2.03. The highest BCUT2D eigenvalue weighted by atomic mass is 16.1. The molecule has 3 nitrogen and oxygen atoms in total. The Balaban J connectivity index is 1.83. The first kappa shape index (κ1) is 13.3. The van der Waals surface area contributed by atoms with E-state index in [0.29, 0.717) is 6.42 Å². The highest BCUT2D eigenvalue weighted by molar-refractivity contribution is 5.90. The van der Waals surface area contributed by atoms with Crippen molar-refractivity contribution >= 4 is 11.6 Å². The van der Waals surface area contributed by atoms with Gasteiger partial charge in [0.25, 0.3) is 0 Å². The van der Waals surface area contributed by atoms with Crippen molar-refractivity contribution in [1.82, 2.24) is 4.98 Å². The minimum Gasteiger partial charge on any atom is -0.325 e. The summed E-state index contributed by atoms with van der Waals surface area (Å²) in [6.45, 7) is 2.14. The number of carbonyl (C=O) groups excluding carboxylic acids is 1. The Kier molecular flexibility index (Phi) is 4.67. The van der Waals surface area contributed by atoms with Gasteiger partial charge in [0, 0.05) is 12.6 Å². The number of benzene rings is 1. The molecule has 2 aromatic rings. The van der Waals surface area contributed by atoms with E-state index in [0.717, 1.165) is 18.5 Å². The zero-order valence-corrected chi connectivity index (χ0v) is 11.1. The Morgan fingerprint density at radius 1 is 1.16 bits per heavy atom. The third kappa shape index (κ3) is 4.21. The minimum atomic E-state index is 0.0209. The number of anilines is 1. The normalized spacial score (nSPS) is 10.2. The lowest BCUT2D eigenvalue weighted by Gasteiger charge is -2.05. The summed E-state index contributed by atoms with van der Waals surface area (Å²) in [5.41, 5.74) is 3.26. The van der Waals surface area contributed by atoms with Gasteiger partial charge in [0.2, 0.25) is 5.91 Å². The van der Waals surface area contributed by atoms with Crippen LogP contribution in [0, 0.1) is 0 Å². The molecule has 0 bridgehead atoms. The monoisotopic (exact) mass is 254 g/mol. The summed E-state index contributed by atoms with van der Waals surface area (Å²) in [5, 5.41) is 2.83. The van der Waals surface area contributed by atoms with E-state index in [-0.39, 0.29) is 5.91 Å². The second-order valence-electron chi connectivity index (χ2n) is 4.46. The Labute approximate surface area is 113 Å². The molecule has 98 valence electrons. The Hall–Kier alpha value is -2.16. The third-order valence-electron chi connectivity index (χ3n) is 3.02. The number of rotatable bonds is 5. The summed E-state index contributed by atoms with van der Waals surface area (Å²) in [4.78, 5) is 15.7. The van der Waals surface area contributed by atoms with Crippen molar-refractivity contribution in [2.75, 3.05) is 5.32 Å². The maximum absolute atomic E-state index is 11.8. The summed E-state index contributed by atoms with van der Waals surface area (Å²) in [5.74, 6) is 0.0209. The van der Waals surface area contributed by atoms with E-state index in [1.54, 1.807) is 18.5 Å². The highest BCUT2D eigenvalue weighted by Crippen LogP contribution is 2.09. The molecule has 1 heterocycles. The van der Waals surface area contributed by atoms with Gasteiger partial charge in [-0.25, -0.2) is 0 Å². The average Bonchev–Trinajstić information content (AvgIpc) is 2.47. The van der Waals surface area contributed by atoms with Gasteiger partial charge in [0.15, 0.2) is 0 Å². The van der Waals surface area contributed by atoms with Gasteiger partial charge in [-0.2, -0.15) is 0 Å². The fourth-order valence-electron chi connectivity index (χ4n) is 1.86. The number of pyridine rings is 1. The van der Waals surface area contributed by atoms with Crippen LogP contribution >= 0.6 is 0 Å². The summed E-state index contributed by atoms with van der Waals surface area (Å²) in [6, 6.07) is 12.1. The molecule has 0 aliphatic rings. The average molecular weight is 254 g/mol. The first-order valence-corrected chi connectivity index (χ1v) is 6.55. The molecule has 0 aliphatic heterocycles. The van der Waals surface area contributed by atoms with Gasteiger partial charge in [0.05, 0.1) is 11.9 Å². The lowest BCUT2D eigenvalue weighted by Crippen LogP contribution is -2.12. The van der Waals surface area contributed by atoms with Gasteiger partial charge in [0.1, 0.15) is 0 Å². The molecule has 19 heavy (non-hydrogen) atoms. The van der Waals surface area contributed by atoms with Crippen LogP contribution < -0.4 is 5.32 Å². The fourth-order valence-corrected chi connectivity index (χ4v) is 1.86.